The van der Waals surface area contributed by atoms with Crippen LogP contribution in [0.4, 0.5) is 5.69 Å². The standard InChI is InChI=1S/C8H11N.C5H9NO.C2H6.H2S2/c1-7-4-3-5-8(6-7)9-2;7-4-5-2-1-3-6-5;2*1-2/h3-6,9H,1-2H3;4-6H,1-3H2;1-2H3;1-2H. The van der Waals surface area contributed by atoms with Crippen LogP contribution in [0, 0.1) is 6.92 Å². The Labute approximate surface area is 134 Å². The van der Waals surface area contributed by atoms with Crippen LogP contribution in [0.15, 0.2) is 24.3 Å². The average molecular weight is 317 g/mol. The Hall–Kier alpha value is -0.650. The highest BCUT2D eigenvalue weighted by Gasteiger charge is 2.10. The second-order valence-electron chi connectivity index (χ2n) is 3.96. The number of benzene rings is 1. The maximum atomic E-state index is 9.94. The van der Waals surface area contributed by atoms with Gasteiger partial charge >= 0.3 is 0 Å². The van der Waals surface area contributed by atoms with E-state index < -0.39 is 0 Å². The van der Waals surface area contributed by atoms with Crippen LogP contribution in [0.3, 0.4) is 0 Å². The molecule has 0 aliphatic carbocycles. The summed E-state index contributed by atoms with van der Waals surface area (Å²) in [4.78, 5) is 9.94. The normalized spacial score (nSPS) is 15.4. The monoisotopic (exact) mass is 316 g/mol. The number of rotatable bonds is 2. The highest BCUT2D eigenvalue weighted by Crippen LogP contribution is 2.07. The van der Waals surface area contributed by atoms with Crippen LogP contribution in [0.2, 0.25) is 0 Å². The predicted molar refractivity (Wildman–Crippen MR) is 97.1 cm³/mol. The molecule has 0 bridgehead atoms. The zero-order valence-electron chi connectivity index (χ0n) is 12.9. The van der Waals surface area contributed by atoms with E-state index >= 15 is 0 Å². The van der Waals surface area contributed by atoms with Gasteiger partial charge in [0.2, 0.25) is 0 Å². The Balaban J connectivity index is 0. The summed E-state index contributed by atoms with van der Waals surface area (Å²) in [6, 6.07) is 8.45. The van der Waals surface area contributed by atoms with E-state index in [4.69, 9.17) is 0 Å². The van der Waals surface area contributed by atoms with Gasteiger partial charge in [0.25, 0.3) is 0 Å². The largest absolute Gasteiger partial charge is 0.388 e. The number of hydrogen-bond donors (Lipinski definition) is 4. The molecule has 1 atom stereocenters. The van der Waals surface area contributed by atoms with Crippen LogP contribution in [-0.2, 0) is 4.79 Å². The van der Waals surface area contributed by atoms with Crippen molar-refractivity contribution in [3.8, 4) is 0 Å². The minimum Gasteiger partial charge on any atom is -0.388 e. The summed E-state index contributed by atoms with van der Waals surface area (Å²) < 4.78 is 0. The molecule has 1 saturated heterocycles. The molecule has 3 nitrogen and oxygen atoms in total. The molecule has 2 rings (SSSR count). The van der Waals surface area contributed by atoms with Crippen molar-refractivity contribution in [2.75, 3.05) is 18.9 Å². The van der Waals surface area contributed by atoms with Crippen molar-refractivity contribution in [3.63, 3.8) is 0 Å². The van der Waals surface area contributed by atoms with Crippen LogP contribution < -0.4 is 10.6 Å². The Morgan fingerprint density at radius 2 is 2.00 bits per heavy atom. The molecule has 0 aromatic heterocycles. The fourth-order valence-corrected chi connectivity index (χ4v) is 1.63. The van der Waals surface area contributed by atoms with E-state index in [0.29, 0.717) is 0 Å². The van der Waals surface area contributed by atoms with Gasteiger partial charge in [-0.3, -0.25) is 0 Å². The van der Waals surface area contributed by atoms with Gasteiger partial charge in [0.1, 0.15) is 6.29 Å². The van der Waals surface area contributed by atoms with Crippen molar-refractivity contribution in [2.24, 2.45) is 0 Å². The third kappa shape index (κ3) is 11.2. The molecule has 1 aromatic rings. The van der Waals surface area contributed by atoms with Gasteiger partial charge in [-0.1, -0.05) is 26.0 Å². The van der Waals surface area contributed by atoms with Gasteiger partial charge in [-0.15, -0.1) is 23.3 Å². The summed E-state index contributed by atoms with van der Waals surface area (Å²) in [6.45, 7) is 7.10. The average Bonchev–Trinajstić information content (AvgIpc) is 3.05. The van der Waals surface area contributed by atoms with Crippen molar-refractivity contribution in [2.45, 2.75) is 39.7 Å². The van der Waals surface area contributed by atoms with Gasteiger partial charge in [0, 0.05) is 12.7 Å². The number of aryl methyl sites for hydroxylation is 1. The topological polar surface area (TPSA) is 41.1 Å². The Morgan fingerprint density at radius 3 is 2.30 bits per heavy atom. The summed E-state index contributed by atoms with van der Waals surface area (Å²) in [5, 5.41) is 6.11. The van der Waals surface area contributed by atoms with Gasteiger partial charge in [0.15, 0.2) is 0 Å². The maximum absolute atomic E-state index is 9.94. The van der Waals surface area contributed by atoms with Crippen LogP contribution >= 0.6 is 23.3 Å². The fourth-order valence-electron chi connectivity index (χ4n) is 1.63. The molecule has 2 N–H and O–H groups in total. The Morgan fingerprint density at radius 1 is 1.35 bits per heavy atom. The fraction of sp³-hybridized carbons (Fsp3) is 0.533. The predicted octanol–water partition coefficient (Wildman–Crippen LogP) is 3.76. The third-order valence-corrected chi connectivity index (χ3v) is 2.57. The summed E-state index contributed by atoms with van der Waals surface area (Å²) >= 11 is 6.44. The third-order valence-electron chi connectivity index (χ3n) is 2.57. The second kappa shape index (κ2) is 16.4. The van der Waals surface area contributed by atoms with Crippen LogP contribution in [0.1, 0.15) is 32.3 Å². The molecule has 0 saturated carbocycles. The highest BCUT2D eigenvalue weighted by molar-refractivity contribution is 8.59. The zero-order chi connectivity index (χ0) is 15.8. The smallest absolute Gasteiger partial charge is 0.136 e. The van der Waals surface area contributed by atoms with Crippen LogP contribution in [-0.4, -0.2) is 25.9 Å². The quantitative estimate of drug-likeness (QED) is 0.381. The van der Waals surface area contributed by atoms with Crippen LogP contribution in [0.5, 0.6) is 0 Å². The van der Waals surface area contributed by atoms with E-state index in [1.807, 2.05) is 33.0 Å². The number of aldehydes is 1. The lowest BCUT2D eigenvalue weighted by molar-refractivity contribution is -0.109. The van der Waals surface area contributed by atoms with Crippen molar-refractivity contribution in [1.29, 1.82) is 0 Å². The SMILES string of the molecule is CC.CNc1cccc(C)c1.O=CC1CCCN1.SS. The number of anilines is 1. The number of carbonyl (C=O) groups is 1. The van der Waals surface area contributed by atoms with Crippen molar-refractivity contribution >= 4 is 35.3 Å². The lowest BCUT2D eigenvalue weighted by atomic mass is 10.2. The van der Waals surface area contributed by atoms with E-state index in [1.165, 1.54) is 11.3 Å². The first-order chi connectivity index (χ1) is 9.76. The molecule has 1 fully saturated rings. The molecule has 0 radical (unpaired) electrons. The Kier molecular flexibility index (Phi) is 17.8. The number of hydrogen-bond acceptors (Lipinski definition) is 5. The van der Waals surface area contributed by atoms with Crippen molar-refractivity contribution in [1.82, 2.24) is 5.32 Å². The first kappa shape index (κ1) is 21.6. The number of carbonyl (C=O) groups excluding carboxylic acids is 1. The van der Waals surface area contributed by atoms with Crippen molar-refractivity contribution in [3.05, 3.63) is 29.8 Å². The zero-order valence-corrected chi connectivity index (χ0v) is 14.7. The molecule has 0 amide bonds. The van der Waals surface area contributed by atoms with Gasteiger partial charge in [-0.05, 0) is 44.0 Å². The summed E-state index contributed by atoms with van der Waals surface area (Å²) in [6.07, 6.45) is 3.17. The van der Waals surface area contributed by atoms with Crippen molar-refractivity contribution < 1.29 is 4.79 Å². The Bertz CT molecular complexity index is 329. The molecule has 1 aliphatic rings. The van der Waals surface area contributed by atoms with Crippen LogP contribution in [0.25, 0.3) is 0 Å². The molecular formula is C15H28N2OS2. The molecule has 5 heteroatoms. The van der Waals surface area contributed by atoms with E-state index in [2.05, 4.69) is 53.0 Å². The molecule has 1 unspecified atom stereocenters. The van der Waals surface area contributed by atoms with Gasteiger partial charge in [-0.25, -0.2) is 0 Å². The lowest BCUT2D eigenvalue weighted by Crippen LogP contribution is -2.21. The summed E-state index contributed by atoms with van der Waals surface area (Å²) in [5.41, 5.74) is 2.47. The van der Waals surface area contributed by atoms with E-state index in [-0.39, 0.29) is 6.04 Å². The lowest BCUT2D eigenvalue weighted by Gasteiger charge is -1.98. The molecule has 116 valence electrons. The van der Waals surface area contributed by atoms with Gasteiger partial charge < -0.3 is 15.4 Å². The molecular weight excluding hydrogens is 288 g/mol. The minimum absolute atomic E-state index is 0.167. The number of thiol groups is 2. The maximum Gasteiger partial charge on any atom is 0.136 e. The van der Waals surface area contributed by atoms with Gasteiger partial charge in [0.05, 0.1) is 6.04 Å². The molecule has 1 aromatic carbocycles. The van der Waals surface area contributed by atoms with Gasteiger partial charge in [-0.2, -0.15) is 0 Å². The summed E-state index contributed by atoms with van der Waals surface area (Å²) in [7, 11) is 1.93. The van der Waals surface area contributed by atoms with E-state index in [9.17, 15) is 4.79 Å². The first-order valence-corrected chi connectivity index (χ1v) is 8.49. The summed E-state index contributed by atoms with van der Waals surface area (Å²) in [5.74, 6) is 0. The molecule has 20 heavy (non-hydrogen) atoms. The molecule has 0 spiro atoms. The first-order valence-electron chi connectivity index (χ1n) is 6.89. The van der Waals surface area contributed by atoms with E-state index in [1.54, 1.807) is 0 Å². The molecule has 1 aliphatic heterocycles. The number of nitrogens with one attached hydrogen (secondary N) is 2. The highest BCUT2D eigenvalue weighted by atomic mass is 33.1. The molecule has 1 heterocycles. The van der Waals surface area contributed by atoms with E-state index in [0.717, 1.165) is 25.7 Å². The minimum atomic E-state index is 0.167. The second-order valence-corrected chi connectivity index (χ2v) is 3.96.